The first-order valence-corrected chi connectivity index (χ1v) is 8.25. The van der Waals surface area contributed by atoms with Gasteiger partial charge in [-0.05, 0) is 40.2 Å². The summed E-state index contributed by atoms with van der Waals surface area (Å²) in [6.07, 6.45) is 1.51. The van der Waals surface area contributed by atoms with Crippen LogP contribution in [0.5, 0.6) is 0 Å². The molecule has 0 aliphatic carbocycles. The fourth-order valence-electron chi connectivity index (χ4n) is 1.59. The number of amides is 3. The molecule has 0 fully saturated rings. The van der Waals surface area contributed by atoms with E-state index in [0.717, 1.165) is 3.79 Å². The van der Waals surface area contributed by atoms with Crippen LogP contribution in [0.15, 0.2) is 38.7 Å². The van der Waals surface area contributed by atoms with Crippen molar-refractivity contribution >= 4 is 45.0 Å². The van der Waals surface area contributed by atoms with Gasteiger partial charge in [-0.3, -0.25) is 14.4 Å². The Hall–Kier alpha value is -2.13. The second kappa shape index (κ2) is 8.49. The van der Waals surface area contributed by atoms with Crippen LogP contribution in [0.1, 0.15) is 15.4 Å². The molecule has 2 aromatic heterocycles. The molecule has 9 heteroatoms. The summed E-state index contributed by atoms with van der Waals surface area (Å²) in [6.45, 7) is -0.106. The molecule has 7 nitrogen and oxygen atoms in total. The Balaban J connectivity index is 1.62. The highest BCUT2D eigenvalue weighted by atomic mass is 79.9. The molecule has 23 heavy (non-hydrogen) atoms. The van der Waals surface area contributed by atoms with Gasteiger partial charge in [-0.15, -0.1) is 11.3 Å². The number of carbonyl (C=O) groups is 3. The number of hydrogen-bond donors (Lipinski definition) is 3. The third-order valence-electron chi connectivity index (χ3n) is 2.69. The van der Waals surface area contributed by atoms with Crippen molar-refractivity contribution < 1.29 is 18.8 Å². The zero-order chi connectivity index (χ0) is 16.7. The second-order valence-corrected chi connectivity index (χ2v) is 6.88. The number of hydrogen-bond acceptors (Lipinski definition) is 5. The van der Waals surface area contributed by atoms with Gasteiger partial charge in [0.25, 0.3) is 5.91 Å². The van der Waals surface area contributed by atoms with E-state index < -0.39 is 5.91 Å². The average Bonchev–Trinajstić information content (AvgIpc) is 3.19. The van der Waals surface area contributed by atoms with Crippen LogP contribution < -0.4 is 16.0 Å². The number of furan rings is 1. The van der Waals surface area contributed by atoms with Gasteiger partial charge in [0, 0.05) is 0 Å². The number of carbonyl (C=O) groups excluding carboxylic acids is 3. The fraction of sp³-hybridized carbons (Fsp3) is 0.214. The van der Waals surface area contributed by atoms with Crippen LogP contribution in [0.2, 0.25) is 0 Å². The van der Waals surface area contributed by atoms with E-state index in [1.807, 2.05) is 0 Å². The molecule has 0 aliphatic heterocycles. The van der Waals surface area contributed by atoms with Crippen molar-refractivity contribution in [3.05, 3.63) is 45.0 Å². The van der Waals surface area contributed by atoms with Crippen LogP contribution in [0, 0.1) is 0 Å². The van der Waals surface area contributed by atoms with Crippen LogP contribution in [0.3, 0.4) is 0 Å². The van der Waals surface area contributed by atoms with Gasteiger partial charge >= 0.3 is 0 Å². The maximum atomic E-state index is 11.7. The van der Waals surface area contributed by atoms with Gasteiger partial charge in [-0.2, -0.15) is 0 Å². The lowest BCUT2D eigenvalue weighted by molar-refractivity contribution is -0.125. The highest BCUT2D eigenvalue weighted by molar-refractivity contribution is 9.11. The van der Waals surface area contributed by atoms with E-state index in [2.05, 4.69) is 31.9 Å². The summed E-state index contributed by atoms with van der Waals surface area (Å²) in [7, 11) is 0. The van der Waals surface area contributed by atoms with Crippen molar-refractivity contribution in [2.45, 2.75) is 6.54 Å². The Morgan fingerprint density at radius 1 is 1.04 bits per heavy atom. The first-order valence-electron chi connectivity index (χ1n) is 6.64. The molecular formula is C14H14BrN3O4S. The first-order chi connectivity index (χ1) is 11.0. The molecule has 0 atom stereocenters. The SMILES string of the molecule is O=C(CNC(=O)CNC(=O)c1ccc(Br)s1)NCc1ccco1. The van der Waals surface area contributed by atoms with Crippen LogP contribution in [0.4, 0.5) is 0 Å². The zero-order valence-corrected chi connectivity index (χ0v) is 14.3. The van der Waals surface area contributed by atoms with Crippen molar-refractivity contribution in [1.82, 2.24) is 16.0 Å². The second-order valence-electron chi connectivity index (χ2n) is 4.42. The predicted octanol–water partition coefficient (Wildman–Crippen LogP) is 1.27. The van der Waals surface area contributed by atoms with Crippen LogP contribution in [-0.4, -0.2) is 30.8 Å². The van der Waals surface area contributed by atoms with E-state index in [4.69, 9.17) is 4.42 Å². The molecule has 0 saturated carbocycles. The minimum Gasteiger partial charge on any atom is -0.467 e. The largest absolute Gasteiger partial charge is 0.467 e. The molecule has 2 rings (SSSR count). The summed E-state index contributed by atoms with van der Waals surface area (Å²) in [5.41, 5.74) is 0. The van der Waals surface area contributed by atoms with E-state index in [0.29, 0.717) is 10.6 Å². The van der Waals surface area contributed by atoms with Gasteiger partial charge in [0.1, 0.15) is 5.76 Å². The lowest BCUT2D eigenvalue weighted by Crippen LogP contribution is -2.41. The van der Waals surface area contributed by atoms with Crippen molar-refractivity contribution in [2.24, 2.45) is 0 Å². The van der Waals surface area contributed by atoms with E-state index in [-0.39, 0.29) is 31.4 Å². The topological polar surface area (TPSA) is 100 Å². The van der Waals surface area contributed by atoms with Crippen molar-refractivity contribution in [3.8, 4) is 0 Å². The Labute approximate surface area is 144 Å². The summed E-state index contributed by atoms with van der Waals surface area (Å²) in [4.78, 5) is 35.4. The van der Waals surface area contributed by atoms with E-state index >= 15 is 0 Å². The molecule has 3 N–H and O–H groups in total. The number of halogens is 1. The standard InChI is InChI=1S/C14H14BrN3O4S/c15-11-4-3-10(23-11)14(21)18-8-13(20)17-7-12(19)16-6-9-2-1-5-22-9/h1-5H,6-8H2,(H,16,19)(H,17,20)(H,18,21). The Morgan fingerprint density at radius 3 is 2.43 bits per heavy atom. The van der Waals surface area contributed by atoms with E-state index in [1.54, 1.807) is 24.3 Å². The summed E-state index contributed by atoms with van der Waals surface area (Å²) in [5, 5.41) is 7.50. The third-order valence-corrected chi connectivity index (χ3v) is 4.31. The third kappa shape index (κ3) is 5.87. The molecule has 0 bridgehead atoms. The van der Waals surface area contributed by atoms with Gasteiger partial charge in [0.15, 0.2) is 0 Å². The Morgan fingerprint density at radius 2 is 1.78 bits per heavy atom. The van der Waals surface area contributed by atoms with Crippen molar-refractivity contribution in [3.63, 3.8) is 0 Å². The van der Waals surface area contributed by atoms with Gasteiger partial charge in [0.2, 0.25) is 11.8 Å². The van der Waals surface area contributed by atoms with Crippen LogP contribution in [-0.2, 0) is 16.1 Å². The number of rotatable bonds is 7. The minimum absolute atomic E-state index is 0.167. The van der Waals surface area contributed by atoms with Gasteiger partial charge in [-0.1, -0.05) is 0 Å². The van der Waals surface area contributed by atoms with Crippen molar-refractivity contribution in [2.75, 3.05) is 13.1 Å². The van der Waals surface area contributed by atoms with Crippen LogP contribution in [0.25, 0.3) is 0 Å². The molecule has 0 saturated heterocycles. The minimum atomic E-state index is -0.442. The first kappa shape index (κ1) is 17.2. The summed E-state index contributed by atoms with van der Waals surface area (Å²) in [5.74, 6) is -0.498. The lowest BCUT2D eigenvalue weighted by atomic mass is 10.4. The molecule has 2 aromatic rings. The molecular weight excluding hydrogens is 386 g/mol. The zero-order valence-electron chi connectivity index (χ0n) is 11.9. The quantitative estimate of drug-likeness (QED) is 0.652. The van der Waals surface area contributed by atoms with Crippen molar-refractivity contribution in [1.29, 1.82) is 0 Å². The molecule has 0 aliphatic rings. The Bertz CT molecular complexity index is 684. The molecule has 0 radical (unpaired) electrons. The highest BCUT2D eigenvalue weighted by Gasteiger charge is 2.11. The molecule has 2 heterocycles. The lowest BCUT2D eigenvalue weighted by Gasteiger charge is -2.06. The maximum absolute atomic E-state index is 11.7. The predicted molar refractivity (Wildman–Crippen MR) is 87.9 cm³/mol. The summed E-state index contributed by atoms with van der Waals surface area (Å²) < 4.78 is 5.90. The number of thiophene rings is 1. The summed E-state index contributed by atoms with van der Waals surface area (Å²) in [6, 6.07) is 6.86. The van der Waals surface area contributed by atoms with Gasteiger partial charge in [0.05, 0.1) is 34.6 Å². The molecule has 0 aromatic carbocycles. The molecule has 0 unspecified atom stereocenters. The molecule has 3 amide bonds. The Kier molecular flexibility index (Phi) is 6.36. The smallest absolute Gasteiger partial charge is 0.261 e. The maximum Gasteiger partial charge on any atom is 0.261 e. The van der Waals surface area contributed by atoms with E-state index in [9.17, 15) is 14.4 Å². The average molecular weight is 400 g/mol. The van der Waals surface area contributed by atoms with E-state index in [1.165, 1.54) is 17.6 Å². The normalized spacial score (nSPS) is 10.1. The number of nitrogens with one attached hydrogen (secondary N) is 3. The van der Waals surface area contributed by atoms with Gasteiger partial charge < -0.3 is 20.4 Å². The fourth-order valence-corrected chi connectivity index (χ4v) is 2.89. The molecule has 122 valence electrons. The highest BCUT2D eigenvalue weighted by Crippen LogP contribution is 2.21. The summed E-state index contributed by atoms with van der Waals surface area (Å²) >= 11 is 4.53. The van der Waals surface area contributed by atoms with Gasteiger partial charge in [-0.25, -0.2) is 0 Å². The van der Waals surface area contributed by atoms with Crippen LogP contribution >= 0.6 is 27.3 Å². The molecule has 0 spiro atoms. The monoisotopic (exact) mass is 399 g/mol.